The predicted molar refractivity (Wildman–Crippen MR) is 74.6 cm³/mol. The highest BCUT2D eigenvalue weighted by atomic mass is 32.1. The molecule has 1 heterocycles. The highest BCUT2D eigenvalue weighted by Gasteiger charge is 2.31. The number of rotatable bonds is 4. The van der Waals surface area contributed by atoms with Crippen molar-refractivity contribution in [1.29, 1.82) is 5.26 Å². The van der Waals surface area contributed by atoms with Gasteiger partial charge in [0.1, 0.15) is 17.4 Å². The zero-order valence-corrected chi connectivity index (χ0v) is 11.2. The van der Waals surface area contributed by atoms with Crippen LogP contribution in [0.4, 0.5) is 10.1 Å². The Kier molecular flexibility index (Phi) is 3.22. The number of hydrogen-bond donors (Lipinski definition) is 0. The maximum atomic E-state index is 13.7. The van der Waals surface area contributed by atoms with Crippen LogP contribution in [0.5, 0.6) is 0 Å². The van der Waals surface area contributed by atoms with Gasteiger partial charge in [-0.15, -0.1) is 0 Å². The highest BCUT2D eigenvalue weighted by Crippen LogP contribution is 2.35. The van der Waals surface area contributed by atoms with Crippen LogP contribution >= 0.6 is 11.3 Å². The normalized spacial score (nSPS) is 14.1. The molecule has 1 aromatic heterocycles. The second kappa shape index (κ2) is 5.02. The van der Waals surface area contributed by atoms with Gasteiger partial charge in [-0.05, 0) is 47.4 Å². The van der Waals surface area contributed by atoms with Gasteiger partial charge in [0.2, 0.25) is 0 Å². The molecule has 4 heteroatoms. The average Bonchev–Trinajstić information content (AvgIpc) is 3.13. The molecule has 0 amide bonds. The van der Waals surface area contributed by atoms with E-state index in [1.807, 2.05) is 17.5 Å². The summed E-state index contributed by atoms with van der Waals surface area (Å²) in [7, 11) is 0. The van der Waals surface area contributed by atoms with Crippen LogP contribution in [0.1, 0.15) is 24.0 Å². The lowest BCUT2D eigenvalue weighted by Gasteiger charge is -2.25. The summed E-state index contributed by atoms with van der Waals surface area (Å²) in [5, 5.41) is 13.3. The second-order valence-electron chi connectivity index (χ2n) is 4.74. The molecule has 1 aliphatic carbocycles. The molecule has 0 unspecified atom stereocenters. The first kappa shape index (κ1) is 12.2. The van der Waals surface area contributed by atoms with Crippen LogP contribution < -0.4 is 4.90 Å². The Labute approximate surface area is 115 Å². The lowest BCUT2D eigenvalue weighted by Crippen LogP contribution is -2.25. The summed E-state index contributed by atoms with van der Waals surface area (Å²) in [6.45, 7) is 0.742. The van der Waals surface area contributed by atoms with E-state index in [0.717, 1.165) is 25.1 Å². The standard InChI is InChI=1S/C15H13FN2S/c16-14-2-1-3-15(13(14)8-17)18(12-4-5-12)9-11-6-7-19-10-11/h1-3,6-7,10,12H,4-5,9H2. The molecule has 0 N–H and O–H groups in total. The Balaban J connectivity index is 1.97. The van der Waals surface area contributed by atoms with Crippen LogP contribution in [0.15, 0.2) is 35.0 Å². The summed E-state index contributed by atoms with van der Waals surface area (Å²) in [5.74, 6) is -0.434. The predicted octanol–water partition coefficient (Wildman–Crippen LogP) is 3.93. The van der Waals surface area contributed by atoms with Crippen molar-refractivity contribution >= 4 is 17.0 Å². The van der Waals surface area contributed by atoms with E-state index in [-0.39, 0.29) is 5.56 Å². The van der Waals surface area contributed by atoms with E-state index in [4.69, 9.17) is 5.26 Å². The monoisotopic (exact) mass is 272 g/mol. The first-order valence-corrected chi connectivity index (χ1v) is 7.20. The molecule has 0 bridgehead atoms. The van der Waals surface area contributed by atoms with Crippen LogP contribution in [0.3, 0.4) is 0 Å². The second-order valence-corrected chi connectivity index (χ2v) is 5.52. The van der Waals surface area contributed by atoms with E-state index in [0.29, 0.717) is 6.04 Å². The molecular weight excluding hydrogens is 259 g/mol. The maximum absolute atomic E-state index is 13.7. The minimum Gasteiger partial charge on any atom is -0.363 e. The largest absolute Gasteiger partial charge is 0.363 e. The molecule has 1 fully saturated rings. The number of hydrogen-bond acceptors (Lipinski definition) is 3. The van der Waals surface area contributed by atoms with E-state index in [1.165, 1.54) is 11.6 Å². The number of nitrogens with zero attached hydrogens (tertiary/aromatic N) is 2. The summed E-state index contributed by atoms with van der Waals surface area (Å²) in [4.78, 5) is 2.16. The summed E-state index contributed by atoms with van der Waals surface area (Å²) < 4.78 is 13.7. The third-order valence-corrected chi connectivity index (χ3v) is 4.07. The van der Waals surface area contributed by atoms with E-state index in [1.54, 1.807) is 17.4 Å². The van der Waals surface area contributed by atoms with Gasteiger partial charge >= 0.3 is 0 Å². The molecule has 2 aromatic rings. The van der Waals surface area contributed by atoms with E-state index in [2.05, 4.69) is 16.3 Å². The lowest BCUT2D eigenvalue weighted by molar-refractivity contribution is 0.622. The topological polar surface area (TPSA) is 27.0 Å². The molecule has 1 saturated carbocycles. The van der Waals surface area contributed by atoms with E-state index >= 15 is 0 Å². The van der Waals surface area contributed by atoms with E-state index in [9.17, 15) is 4.39 Å². The molecule has 0 radical (unpaired) electrons. The molecule has 0 spiro atoms. The Morgan fingerprint density at radius 1 is 1.37 bits per heavy atom. The minimum absolute atomic E-state index is 0.157. The van der Waals surface area contributed by atoms with Crippen molar-refractivity contribution in [2.24, 2.45) is 0 Å². The zero-order chi connectivity index (χ0) is 13.2. The van der Waals surface area contributed by atoms with Crippen LogP contribution in [-0.4, -0.2) is 6.04 Å². The Bertz CT molecular complexity index is 612. The molecule has 1 aromatic carbocycles. The van der Waals surface area contributed by atoms with Crippen molar-refractivity contribution < 1.29 is 4.39 Å². The fourth-order valence-electron chi connectivity index (χ4n) is 2.24. The zero-order valence-electron chi connectivity index (χ0n) is 10.3. The van der Waals surface area contributed by atoms with Crippen LogP contribution in [0.25, 0.3) is 0 Å². The summed E-state index contributed by atoms with van der Waals surface area (Å²) >= 11 is 1.66. The number of halogens is 1. The van der Waals surface area contributed by atoms with Gasteiger partial charge in [-0.2, -0.15) is 16.6 Å². The number of thiophene rings is 1. The summed E-state index contributed by atoms with van der Waals surface area (Å²) in [6.07, 6.45) is 2.23. The molecule has 0 saturated heterocycles. The Hall–Kier alpha value is -1.86. The molecule has 0 atom stereocenters. The number of benzene rings is 1. The highest BCUT2D eigenvalue weighted by molar-refractivity contribution is 7.07. The van der Waals surface area contributed by atoms with Crippen LogP contribution in [0.2, 0.25) is 0 Å². The van der Waals surface area contributed by atoms with Crippen molar-refractivity contribution in [3.05, 3.63) is 52.0 Å². The smallest absolute Gasteiger partial charge is 0.143 e. The Morgan fingerprint density at radius 2 is 2.21 bits per heavy atom. The van der Waals surface area contributed by atoms with Gasteiger partial charge < -0.3 is 4.90 Å². The van der Waals surface area contributed by atoms with Gasteiger partial charge in [0.25, 0.3) is 0 Å². The lowest BCUT2D eigenvalue weighted by atomic mass is 10.1. The van der Waals surface area contributed by atoms with Crippen molar-refractivity contribution in [3.8, 4) is 6.07 Å². The minimum atomic E-state index is -0.434. The molecule has 19 heavy (non-hydrogen) atoms. The summed E-state index contributed by atoms with van der Waals surface area (Å²) in [6, 6.07) is 9.37. The van der Waals surface area contributed by atoms with Gasteiger partial charge in [-0.25, -0.2) is 4.39 Å². The quantitative estimate of drug-likeness (QED) is 0.843. The van der Waals surface area contributed by atoms with Crippen LogP contribution in [0, 0.1) is 17.1 Å². The van der Waals surface area contributed by atoms with Gasteiger partial charge in [-0.1, -0.05) is 6.07 Å². The number of anilines is 1. The Morgan fingerprint density at radius 3 is 2.84 bits per heavy atom. The number of nitriles is 1. The average molecular weight is 272 g/mol. The van der Waals surface area contributed by atoms with E-state index < -0.39 is 5.82 Å². The van der Waals surface area contributed by atoms with Crippen LogP contribution in [-0.2, 0) is 6.54 Å². The van der Waals surface area contributed by atoms with Gasteiger partial charge in [0.05, 0.1) is 5.69 Å². The van der Waals surface area contributed by atoms with Crippen molar-refractivity contribution in [2.75, 3.05) is 4.90 Å². The first-order chi connectivity index (χ1) is 9.29. The van der Waals surface area contributed by atoms with Crippen molar-refractivity contribution in [2.45, 2.75) is 25.4 Å². The van der Waals surface area contributed by atoms with Crippen molar-refractivity contribution in [3.63, 3.8) is 0 Å². The van der Waals surface area contributed by atoms with Crippen molar-refractivity contribution in [1.82, 2.24) is 0 Å². The molecule has 1 aliphatic rings. The summed E-state index contributed by atoms with van der Waals surface area (Å²) in [5.41, 5.74) is 2.09. The van der Waals surface area contributed by atoms with Gasteiger partial charge in [0, 0.05) is 12.6 Å². The third kappa shape index (κ3) is 2.47. The molecule has 2 nitrogen and oxygen atoms in total. The molecule has 0 aliphatic heterocycles. The first-order valence-electron chi connectivity index (χ1n) is 6.26. The molecular formula is C15H13FN2S. The third-order valence-electron chi connectivity index (χ3n) is 3.33. The SMILES string of the molecule is N#Cc1c(F)cccc1N(Cc1ccsc1)C1CC1. The van der Waals surface area contributed by atoms with Gasteiger partial charge in [-0.3, -0.25) is 0 Å². The van der Waals surface area contributed by atoms with Gasteiger partial charge in [0.15, 0.2) is 0 Å². The fraction of sp³-hybridized carbons (Fsp3) is 0.267. The molecule has 3 rings (SSSR count). The fourth-order valence-corrected chi connectivity index (χ4v) is 2.90. The molecule has 96 valence electrons. The maximum Gasteiger partial charge on any atom is 0.143 e.